The zero-order valence-electron chi connectivity index (χ0n) is 14.9. The van der Waals surface area contributed by atoms with Gasteiger partial charge < -0.3 is 4.84 Å². The molecular formula is C23H22N2O. The van der Waals surface area contributed by atoms with E-state index in [1.807, 2.05) is 24.3 Å². The number of hydrogen-bond donors (Lipinski definition) is 0. The second kappa shape index (κ2) is 7.54. The van der Waals surface area contributed by atoms with Gasteiger partial charge in [0, 0.05) is 24.2 Å². The Labute approximate surface area is 154 Å². The van der Waals surface area contributed by atoms with Gasteiger partial charge in [0.05, 0.1) is 0 Å². The van der Waals surface area contributed by atoms with Crippen molar-refractivity contribution in [3.05, 3.63) is 107 Å². The highest BCUT2D eigenvalue weighted by Gasteiger charge is 2.28. The lowest BCUT2D eigenvalue weighted by atomic mass is 10.1. The molecule has 0 fully saturated rings. The second-order valence-electron chi connectivity index (χ2n) is 6.66. The van der Waals surface area contributed by atoms with Gasteiger partial charge in [0.1, 0.15) is 5.71 Å². The van der Waals surface area contributed by atoms with Crippen LogP contribution in [0.4, 0.5) is 0 Å². The van der Waals surface area contributed by atoms with Gasteiger partial charge in [-0.3, -0.25) is 4.90 Å². The van der Waals surface area contributed by atoms with Crippen molar-refractivity contribution in [2.45, 2.75) is 19.7 Å². The molecule has 0 bridgehead atoms. The smallest absolute Gasteiger partial charge is 0.207 e. The van der Waals surface area contributed by atoms with E-state index in [-0.39, 0.29) is 6.23 Å². The van der Waals surface area contributed by atoms with E-state index in [1.54, 1.807) is 0 Å². The van der Waals surface area contributed by atoms with E-state index >= 15 is 0 Å². The molecule has 4 rings (SSSR count). The molecule has 0 aromatic heterocycles. The van der Waals surface area contributed by atoms with Crippen molar-refractivity contribution >= 4 is 5.71 Å². The lowest BCUT2D eigenvalue weighted by Gasteiger charge is -2.34. The monoisotopic (exact) mass is 342 g/mol. The third-order valence-corrected chi connectivity index (χ3v) is 4.65. The van der Waals surface area contributed by atoms with E-state index in [9.17, 15) is 0 Å². The summed E-state index contributed by atoms with van der Waals surface area (Å²) in [6, 6.07) is 29.2. The van der Waals surface area contributed by atoms with Gasteiger partial charge in [-0.1, -0.05) is 95.6 Å². The Hall–Kier alpha value is -2.91. The zero-order valence-corrected chi connectivity index (χ0v) is 14.9. The fourth-order valence-corrected chi connectivity index (χ4v) is 3.22. The van der Waals surface area contributed by atoms with Crippen LogP contribution in [0.5, 0.6) is 0 Å². The molecule has 1 unspecified atom stereocenters. The minimum atomic E-state index is -0.175. The molecule has 26 heavy (non-hydrogen) atoms. The molecule has 130 valence electrons. The molecule has 1 aliphatic rings. The summed E-state index contributed by atoms with van der Waals surface area (Å²) in [5, 5.41) is 4.45. The molecule has 1 heterocycles. The van der Waals surface area contributed by atoms with Gasteiger partial charge in [0.2, 0.25) is 6.23 Å². The van der Waals surface area contributed by atoms with Crippen LogP contribution in [0.15, 0.2) is 90.1 Å². The lowest BCUT2D eigenvalue weighted by Crippen LogP contribution is -2.38. The Balaban J connectivity index is 1.64. The summed E-state index contributed by atoms with van der Waals surface area (Å²) in [5.74, 6) is 0. The van der Waals surface area contributed by atoms with Crippen LogP contribution < -0.4 is 0 Å². The van der Waals surface area contributed by atoms with Crippen molar-refractivity contribution in [2.24, 2.45) is 5.16 Å². The third-order valence-electron chi connectivity index (χ3n) is 4.65. The molecule has 3 aromatic rings. The summed E-state index contributed by atoms with van der Waals surface area (Å²) in [4.78, 5) is 8.29. The summed E-state index contributed by atoms with van der Waals surface area (Å²) >= 11 is 0. The molecule has 0 aliphatic carbocycles. The molecule has 0 radical (unpaired) electrons. The SMILES string of the molecule is Cc1ccc(C2=NOC(c3ccccc3)N(Cc3ccccc3)C2)cc1. The van der Waals surface area contributed by atoms with E-state index in [0.29, 0.717) is 0 Å². The van der Waals surface area contributed by atoms with Crippen LogP contribution >= 0.6 is 0 Å². The molecule has 0 amide bonds. The summed E-state index contributed by atoms with van der Waals surface area (Å²) in [7, 11) is 0. The molecule has 3 heteroatoms. The van der Waals surface area contributed by atoms with E-state index in [0.717, 1.165) is 29.9 Å². The molecule has 1 aliphatic heterocycles. The topological polar surface area (TPSA) is 24.8 Å². The van der Waals surface area contributed by atoms with Crippen molar-refractivity contribution in [1.29, 1.82) is 0 Å². The predicted octanol–water partition coefficient (Wildman–Crippen LogP) is 4.93. The van der Waals surface area contributed by atoms with E-state index in [2.05, 4.69) is 77.6 Å². The van der Waals surface area contributed by atoms with Crippen LogP contribution in [0.3, 0.4) is 0 Å². The van der Waals surface area contributed by atoms with Crippen LogP contribution in [0.1, 0.15) is 28.5 Å². The Bertz CT molecular complexity index is 873. The first-order chi connectivity index (χ1) is 12.8. The van der Waals surface area contributed by atoms with E-state index in [4.69, 9.17) is 4.84 Å². The molecule has 0 N–H and O–H groups in total. The Morgan fingerprint density at radius 2 is 1.54 bits per heavy atom. The van der Waals surface area contributed by atoms with Gasteiger partial charge in [-0.15, -0.1) is 0 Å². The van der Waals surface area contributed by atoms with Gasteiger partial charge in [-0.05, 0) is 12.5 Å². The highest BCUT2D eigenvalue weighted by Crippen LogP contribution is 2.28. The van der Waals surface area contributed by atoms with Crippen molar-refractivity contribution in [1.82, 2.24) is 4.90 Å². The van der Waals surface area contributed by atoms with Crippen LogP contribution in [0, 0.1) is 6.92 Å². The Morgan fingerprint density at radius 1 is 0.885 bits per heavy atom. The number of nitrogens with zero attached hydrogens (tertiary/aromatic N) is 2. The Morgan fingerprint density at radius 3 is 2.23 bits per heavy atom. The lowest BCUT2D eigenvalue weighted by molar-refractivity contribution is -0.0716. The van der Waals surface area contributed by atoms with Crippen LogP contribution in [0.2, 0.25) is 0 Å². The van der Waals surface area contributed by atoms with Crippen molar-refractivity contribution in [3.8, 4) is 0 Å². The van der Waals surface area contributed by atoms with E-state index in [1.165, 1.54) is 11.1 Å². The molecule has 1 atom stereocenters. The zero-order chi connectivity index (χ0) is 17.8. The average Bonchev–Trinajstić information content (AvgIpc) is 2.70. The number of oxime groups is 1. The first-order valence-electron chi connectivity index (χ1n) is 8.92. The summed E-state index contributed by atoms with van der Waals surface area (Å²) < 4.78 is 0. The second-order valence-corrected chi connectivity index (χ2v) is 6.66. The van der Waals surface area contributed by atoms with Crippen molar-refractivity contribution in [2.75, 3.05) is 6.54 Å². The highest BCUT2D eigenvalue weighted by molar-refractivity contribution is 6.02. The van der Waals surface area contributed by atoms with Crippen LogP contribution in [-0.2, 0) is 11.4 Å². The molecule has 0 saturated carbocycles. The minimum absolute atomic E-state index is 0.175. The quantitative estimate of drug-likeness (QED) is 0.671. The number of benzene rings is 3. The van der Waals surface area contributed by atoms with E-state index < -0.39 is 0 Å². The Kier molecular flexibility index (Phi) is 4.80. The highest BCUT2D eigenvalue weighted by atomic mass is 16.7. The van der Waals surface area contributed by atoms with Gasteiger partial charge in [0.25, 0.3) is 0 Å². The third kappa shape index (κ3) is 3.68. The van der Waals surface area contributed by atoms with Crippen LogP contribution in [0.25, 0.3) is 0 Å². The van der Waals surface area contributed by atoms with Gasteiger partial charge >= 0.3 is 0 Å². The fraction of sp³-hybridized carbons (Fsp3) is 0.174. The van der Waals surface area contributed by atoms with Gasteiger partial charge in [-0.2, -0.15) is 0 Å². The van der Waals surface area contributed by atoms with Crippen LogP contribution in [-0.4, -0.2) is 17.2 Å². The van der Waals surface area contributed by atoms with Crippen molar-refractivity contribution < 1.29 is 4.84 Å². The predicted molar refractivity (Wildman–Crippen MR) is 105 cm³/mol. The molecule has 0 saturated heterocycles. The molecule has 3 aromatic carbocycles. The van der Waals surface area contributed by atoms with Crippen molar-refractivity contribution in [3.63, 3.8) is 0 Å². The van der Waals surface area contributed by atoms with Gasteiger partial charge in [-0.25, -0.2) is 0 Å². The first-order valence-corrected chi connectivity index (χ1v) is 8.92. The largest absolute Gasteiger partial charge is 0.371 e. The fourth-order valence-electron chi connectivity index (χ4n) is 3.22. The minimum Gasteiger partial charge on any atom is -0.371 e. The summed E-state index contributed by atoms with van der Waals surface area (Å²) in [6.07, 6.45) is -0.175. The summed E-state index contributed by atoms with van der Waals surface area (Å²) in [5.41, 5.74) is 5.71. The van der Waals surface area contributed by atoms with Gasteiger partial charge in [0.15, 0.2) is 0 Å². The molecular weight excluding hydrogens is 320 g/mol. The number of hydrogen-bond acceptors (Lipinski definition) is 3. The number of aryl methyl sites for hydroxylation is 1. The molecule has 3 nitrogen and oxygen atoms in total. The summed E-state index contributed by atoms with van der Waals surface area (Å²) in [6.45, 7) is 3.65. The maximum absolute atomic E-state index is 5.96. The maximum Gasteiger partial charge on any atom is 0.207 e. The average molecular weight is 342 g/mol. The standard InChI is InChI=1S/C23H22N2O/c1-18-12-14-20(15-13-18)22-17-25(16-19-8-4-2-5-9-19)23(26-24-22)21-10-6-3-7-11-21/h2-15,23H,16-17H2,1H3. The molecule has 0 spiro atoms. The maximum atomic E-state index is 5.96. The first kappa shape index (κ1) is 16.6. The number of rotatable bonds is 4. The normalized spacial score (nSPS) is 17.4.